The molecule has 2 aromatic carbocycles. The molecule has 0 spiro atoms. The van der Waals surface area contributed by atoms with E-state index in [4.69, 9.17) is 51.9 Å². The van der Waals surface area contributed by atoms with Crippen molar-refractivity contribution in [3.63, 3.8) is 0 Å². The number of imidazole rings is 1. The number of amides is 1. The van der Waals surface area contributed by atoms with E-state index in [1.165, 1.54) is 0 Å². The summed E-state index contributed by atoms with van der Waals surface area (Å²) in [7, 11) is 0.342. The van der Waals surface area contributed by atoms with E-state index in [0.717, 1.165) is 27.0 Å². The predicted octanol–water partition coefficient (Wildman–Crippen LogP) is 6.49. The van der Waals surface area contributed by atoms with Crippen LogP contribution < -0.4 is 20.6 Å². The monoisotopic (exact) mass is 757 g/mol. The molecule has 0 radical (unpaired) electrons. The number of primary amides is 1. The zero-order chi connectivity index (χ0) is 36.5. The normalized spacial score (nSPS) is 12.8. The van der Waals surface area contributed by atoms with Crippen molar-refractivity contribution in [2.75, 3.05) is 26.7 Å². The van der Waals surface area contributed by atoms with Gasteiger partial charge in [-0.2, -0.15) is 0 Å². The number of ether oxygens (including phenoxy) is 4. The topological polar surface area (TPSA) is 156 Å². The highest BCUT2D eigenvalue weighted by Gasteiger charge is 2.25. The zero-order valence-electron chi connectivity index (χ0n) is 28.8. The molecule has 12 nitrogen and oxygen atoms in total. The fourth-order valence-corrected chi connectivity index (χ4v) is 7.88. The third kappa shape index (κ3) is 14.1. The second kappa shape index (κ2) is 22.0. The first-order valence-electron chi connectivity index (χ1n) is 15.6. The van der Waals surface area contributed by atoms with E-state index >= 15 is 0 Å². The van der Waals surface area contributed by atoms with Crippen molar-refractivity contribution in [3.8, 4) is 5.75 Å². The van der Waals surface area contributed by atoms with E-state index < -0.39 is 20.3 Å². The number of methoxy groups -OCH3 is 1. The smallest absolute Gasteiger partial charge is 0.323 e. The lowest BCUT2D eigenvalue weighted by atomic mass is 10.1. The van der Waals surface area contributed by atoms with E-state index in [-0.39, 0.29) is 43.8 Å². The molecule has 4 N–H and O–H groups in total. The lowest BCUT2D eigenvalue weighted by molar-refractivity contribution is -0.145. The van der Waals surface area contributed by atoms with Crippen LogP contribution in [0.3, 0.4) is 0 Å². The molecular formula is C33H46Cl2N5O7PS. The van der Waals surface area contributed by atoms with E-state index in [1.807, 2.05) is 36.4 Å². The van der Waals surface area contributed by atoms with E-state index in [2.05, 4.69) is 34.3 Å². The van der Waals surface area contributed by atoms with Gasteiger partial charge in [-0.25, -0.2) is 4.98 Å². The highest BCUT2D eigenvalue weighted by molar-refractivity contribution is 7.99. The molecule has 0 bridgehead atoms. The summed E-state index contributed by atoms with van der Waals surface area (Å²) in [6.45, 7) is 12.6. The number of nitrogens with two attached hydrogens (primary N) is 1. The van der Waals surface area contributed by atoms with Gasteiger partial charge in [-0.1, -0.05) is 60.9 Å². The lowest BCUT2D eigenvalue weighted by Gasteiger charge is -2.25. The van der Waals surface area contributed by atoms with Crippen molar-refractivity contribution < 1.29 is 33.3 Å². The molecule has 0 aliphatic heterocycles. The molecule has 3 rings (SSSR count). The van der Waals surface area contributed by atoms with Crippen molar-refractivity contribution in [1.29, 1.82) is 0 Å². The maximum Gasteiger partial charge on any atom is 0.323 e. The average Bonchev–Trinajstić information content (AvgIpc) is 3.37. The molecule has 1 aromatic heterocycles. The Morgan fingerprint density at radius 2 is 1.51 bits per heavy atom. The molecule has 0 fully saturated rings. The molecule has 1 amide bonds. The van der Waals surface area contributed by atoms with Gasteiger partial charge in [-0.3, -0.25) is 24.6 Å². The molecule has 0 saturated heterocycles. The minimum atomic E-state index is -1.31. The highest BCUT2D eigenvalue weighted by atomic mass is 35.5. The summed E-state index contributed by atoms with van der Waals surface area (Å²) in [5.41, 5.74) is 6.17. The van der Waals surface area contributed by atoms with Gasteiger partial charge in [0.1, 0.15) is 41.6 Å². The summed E-state index contributed by atoms with van der Waals surface area (Å²) in [5, 5.41) is 8.56. The summed E-state index contributed by atoms with van der Waals surface area (Å²) < 4.78 is 24.0. The number of rotatable bonds is 18. The van der Waals surface area contributed by atoms with Crippen LogP contribution in [0.1, 0.15) is 64.5 Å². The van der Waals surface area contributed by atoms with Crippen LogP contribution in [0.2, 0.25) is 10.0 Å². The molecule has 3 aromatic rings. The van der Waals surface area contributed by atoms with Crippen molar-refractivity contribution >= 4 is 61.5 Å². The number of hydrogen-bond acceptors (Lipinski definition) is 11. The van der Waals surface area contributed by atoms with Crippen molar-refractivity contribution in [3.05, 3.63) is 69.6 Å². The van der Waals surface area contributed by atoms with Crippen LogP contribution in [0, 0.1) is 0 Å². The number of nitrogens with zero attached hydrogens (tertiary/aromatic N) is 2. The Kier molecular flexibility index (Phi) is 19.0. The number of hydrogen-bond donors (Lipinski definition) is 3. The van der Waals surface area contributed by atoms with Crippen LogP contribution in [-0.2, 0) is 41.7 Å². The summed E-state index contributed by atoms with van der Waals surface area (Å²) in [6, 6.07) is 12.1. The fraction of sp³-hybridized carbons (Fsp3) is 0.455. The van der Waals surface area contributed by atoms with E-state index in [9.17, 15) is 9.59 Å². The van der Waals surface area contributed by atoms with Gasteiger partial charge in [-0.15, -0.1) is 0 Å². The third-order valence-corrected chi connectivity index (χ3v) is 9.82. The summed E-state index contributed by atoms with van der Waals surface area (Å²) in [4.78, 5) is 39.0. The van der Waals surface area contributed by atoms with Crippen LogP contribution in [0.4, 0.5) is 0 Å². The van der Waals surface area contributed by atoms with Gasteiger partial charge in [0.15, 0.2) is 0 Å². The minimum Gasteiger partial charge on any atom is -0.486 e. The Morgan fingerprint density at radius 3 is 1.98 bits per heavy atom. The molecule has 49 heavy (non-hydrogen) atoms. The van der Waals surface area contributed by atoms with Crippen LogP contribution in [0.15, 0.2) is 52.4 Å². The summed E-state index contributed by atoms with van der Waals surface area (Å²) in [6.07, 6.45) is 0.447. The maximum absolute atomic E-state index is 12.3. The third-order valence-electron chi connectivity index (χ3n) is 6.50. The molecule has 0 aliphatic carbocycles. The summed E-state index contributed by atoms with van der Waals surface area (Å²) in [5.74, 6) is 0.875. The van der Waals surface area contributed by atoms with Crippen LogP contribution in [-0.4, -0.2) is 66.7 Å². The standard InChI is InChI=1S/C32H43Cl2N4O6PS.CH3NO/c1-8-42-31(39)21(5)36-45(37-22(6)32(40)43-9-2)19-44-26-12-10-23(11-13-26)17-38-28(18-41-7)35-29(20(3)4)30(38)46-27-15-24(33)14-25(34)16-27;2-1-3/h10-16,20-22,36-37H,8-9,17-19H2,1-7H3;1H,(H2,2,3). The molecule has 16 heteroatoms. The second-order valence-corrected chi connectivity index (χ2v) is 14.4. The molecule has 0 aliphatic rings. The number of aromatic nitrogens is 2. The minimum absolute atomic E-state index is 0.181. The maximum atomic E-state index is 12.3. The van der Waals surface area contributed by atoms with Gasteiger partial charge in [0.25, 0.3) is 0 Å². The van der Waals surface area contributed by atoms with Gasteiger partial charge in [0.2, 0.25) is 6.41 Å². The Hall–Kier alpha value is -2.90. The molecule has 1 heterocycles. The number of nitrogens with one attached hydrogen (secondary N) is 2. The molecule has 2 atom stereocenters. The number of carbonyl (C=O) groups excluding carboxylic acids is 3. The van der Waals surface area contributed by atoms with Crippen LogP contribution in [0.25, 0.3) is 0 Å². The Balaban J connectivity index is 0.00000267. The fourth-order valence-electron chi connectivity index (χ4n) is 4.32. The van der Waals surface area contributed by atoms with Crippen LogP contribution >= 0.6 is 43.2 Å². The number of halogens is 2. The molecular weight excluding hydrogens is 712 g/mol. The van der Waals surface area contributed by atoms with Gasteiger partial charge in [0, 0.05) is 28.6 Å². The van der Waals surface area contributed by atoms with Crippen molar-refractivity contribution in [2.45, 2.75) is 82.6 Å². The number of carbonyl (C=O) groups is 3. The van der Waals surface area contributed by atoms with Gasteiger partial charge in [-0.05, 0) is 69.5 Å². The summed E-state index contributed by atoms with van der Waals surface area (Å²) >= 11 is 14.2. The first-order chi connectivity index (χ1) is 23.4. The first-order valence-corrected chi connectivity index (χ1v) is 18.7. The van der Waals surface area contributed by atoms with Crippen LogP contribution in [0.5, 0.6) is 5.75 Å². The SMILES string of the molecule is CCOC(=O)C(C)NP(COc1ccc(Cn2c(COC)nc(C(C)C)c2Sc2cc(Cl)cc(Cl)c2)cc1)NC(C)C(=O)OCC.NC=O. The quantitative estimate of drug-likeness (QED) is 0.0741. The molecule has 0 saturated carbocycles. The van der Waals surface area contributed by atoms with Gasteiger partial charge >= 0.3 is 11.9 Å². The highest BCUT2D eigenvalue weighted by Crippen LogP contribution is 2.38. The lowest BCUT2D eigenvalue weighted by Crippen LogP contribution is -2.41. The largest absolute Gasteiger partial charge is 0.486 e. The Labute approximate surface area is 303 Å². The van der Waals surface area contributed by atoms with Crippen molar-refractivity contribution in [1.82, 2.24) is 19.7 Å². The number of benzene rings is 2. The second-order valence-electron chi connectivity index (χ2n) is 10.8. The van der Waals surface area contributed by atoms with Gasteiger partial charge in [0.05, 0.1) is 27.1 Å². The number of esters is 2. The average molecular weight is 759 g/mol. The predicted molar refractivity (Wildman–Crippen MR) is 194 cm³/mol. The zero-order valence-corrected chi connectivity index (χ0v) is 32.1. The van der Waals surface area contributed by atoms with E-state index in [0.29, 0.717) is 28.9 Å². The van der Waals surface area contributed by atoms with Gasteiger partial charge < -0.3 is 29.2 Å². The Bertz CT molecular complexity index is 1450. The molecule has 270 valence electrons. The van der Waals surface area contributed by atoms with E-state index in [1.54, 1.807) is 52.6 Å². The van der Waals surface area contributed by atoms with Crippen molar-refractivity contribution in [2.24, 2.45) is 5.73 Å². The Morgan fingerprint density at radius 1 is 0.980 bits per heavy atom. The molecule has 2 unspecified atom stereocenters. The first kappa shape index (κ1) is 42.3.